The molecule has 128 valence electrons. The Morgan fingerprint density at radius 3 is 2.88 bits per heavy atom. The van der Waals surface area contributed by atoms with E-state index in [9.17, 15) is 4.79 Å². The maximum absolute atomic E-state index is 11.6. The first-order valence-electron chi connectivity index (χ1n) is 8.40. The van der Waals surface area contributed by atoms with E-state index in [1.165, 1.54) is 0 Å². The molecule has 3 rings (SSSR count). The molecule has 1 aliphatic heterocycles. The number of ether oxygens (including phenoxy) is 1. The van der Waals surface area contributed by atoms with Gasteiger partial charge in [0.25, 0.3) is 5.91 Å². The molecule has 0 unspecified atom stereocenters. The van der Waals surface area contributed by atoms with Crippen LogP contribution in [0.4, 0.5) is 0 Å². The highest BCUT2D eigenvalue weighted by Crippen LogP contribution is 2.28. The lowest BCUT2D eigenvalue weighted by molar-refractivity contribution is 0.0886. The van der Waals surface area contributed by atoms with Crippen molar-refractivity contribution < 1.29 is 9.53 Å². The summed E-state index contributed by atoms with van der Waals surface area (Å²) in [6.07, 6.45) is 4.78. The largest absolute Gasteiger partial charge is 0.369 e. The first-order valence-corrected chi connectivity index (χ1v) is 8.40. The molecule has 1 saturated heterocycles. The van der Waals surface area contributed by atoms with Gasteiger partial charge in [0.1, 0.15) is 11.9 Å². The van der Waals surface area contributed by atoms with Crippen LogP contribution in [0.5, 0.6) is 0 Å². The normalized spacial score (nSPS) is 20.2. The molecule has 2 N–H and O–H groups in total. The SMILES string of the molecule is CCn1ccnc1[C@H]1OCC[C@@H]1NCc1ccc(C(=O)NC)cc1. The number of hydrogen-bond acceptors (Lipinski definition) is 4. The number of benzene rings is 1. The number of aromatic nitrogens is 2. The first-order chi connectivity index (χ1) is 11.7. The average molecular weight is 328 g/mol. The van der Waals surface area contributed by atoms with Crippen molar-refractivity contribution in [2.75, 3.05) is 13.7 Å². The van der Waals surface area contributed by atoms with Crippen molar-refractivity contribution in [3.05, 3.63) is 53.6 Å². The summed E-state index contributed by atoms with van der Waals surface area (Å²) in [4.78, 5) is 16.0. The molecule has 0 saturated carbocycles. The van der Waals surface area contributed by atoms with Gasteiger partial charge in [0.15, 0.2) is 0 Å². The van der Waals surface area contributed by atoms with Gasteiger partial charge in [-0.05, 0) is 31.0 Å². The minimum Gasteiger partial charge on any atom is -0.369 e. The minimum atomic E-state index is -0.0647. The molecule has 1 aromatic carbocycles. The number of carbonyl (C=O) groups is 1. The quantitative estimate of drug-likeness (QED) is 0.850. The Bertz CT molecular complexity index is 681. The van der Waals surface area contributed by atoms with Crippen LogP contribution in [0.25, 0.3) is 0 Å². The van der Waals surface area contributed by atoms with Crippen molar-refractivity contribution >= 4 is 5.91 Å². The zero-order valence-electron chi connectivity index (χ0n) is 14.2. The van der Waals surface area contributed by atoms with Crippen molar-refractivity contribution in [1.29, 1.82) is 0 Å². The fourth-order valence-electron chi connectivity index (χ4n) is 3.07. The second-order valence-electron chi connectivity index (χ2n) is 5.91. The molecule has 1 aliphatic rings. The molecule has 6 nitrogen and oxygen atoms in total. The van der Waals surface area contributed by atoms with Gasteiger partial charge < -0.3 is 19.9 Å². The van der Waals surface area contributed by atoms with Crippen LogP contribution in [-0.4, -0.2) is 35.2 Å². The van der Waals surface area contributed by atoms with Crippen LogP contribution in [0.1, 0.15) is 41.2 Å². The zero-order valence-corrected chi connectivity index (χ0v) is 14.2. The van der Waals surface area contributed by atoms with Crippen molar-refractivity contribution in [1.82, 2.24) is 20.2 Å². The van der Waals surface area contributed by atoms with Gasteiger partial charge in [-0.2, -0.15) is 0 Å². The van der Waals surface area contributed by atoms with Gasteiger partial charge in [0, 0.05) is 50.7 Å². The summed E-state index contributed by atoms with van der Waals surface area (Å²) in [5.41, 5.74) is 1.82. The second-order valence-corrected chi connectivity index (χ2v) is 5.91. The lowest BCUT2D eigenvalue weighted by Crippen LogP contribution is -2.32. The van der Waals surface area contributed by atoms with Crippen LogP contribution in [0.3, 0.4) is 0 Å². The van der Waals surface area contributed by atoms with Gasteiger partial charge in [0.05, 0.1) is 0 Å². The number of amides is 1. The van der Waals surface area contributed by atoms with E-state index >= 15 is 0 Å². The Morgan fingerprint density at radius 1 is 1.38 bits per heavy atom. The summed E-state index contributed by atoms with van der Waals surface area (Å²) >= 11 is 0. The number of imidazole rings is 1. The summed E-state index contributed by atoms with van der Waals surface area (Å²) in [5.74, 6) is 0.924. The maximum Gasteiger partial charge on any atom is 0.251 e. The minimum absolute atomic E-state index is 0.00917. The van der Waals surface area contributed by atoms with Gasteiger partial charge in [-0.3, -0.25) is 4.79 Å². The summed E-state index contributed by atoms with van der Waals surface area (Å²) in [6, 6.07) is 7.91. The third kappa shape index (κ3) is 3.49. The topological polar surface area (TPSA) is 68.2 Å². The van der Waals surface area contributed by atoms with Gasteiger partial charge in [0.2, 0.25) is 0 Å². The highest BCUT2D eigenvalue weighted by Gasteiger charge is 2.32. The Balaban J connectivity index is 1.62. The third-order valence-corrected chi connectivity index (χ3v) is 4.45. The van der Waals surface area contributed by atoms with E-state index in [-0.39, 0.29) is 18.1 Å². The molecule has 0 bridgehead atoms. The Labute approximate surface area is 142 Å². The molecule has 1 fully saturated rings. The summed E-state index contributed by atoms with van der Waals surface area (Å²) in [7, 11) is 1.64. The molecule has 0 radical (unpaired) electrons. The molecule has 2 heterocycles. The molecule has 24 heavy (non-hydrogen) atoms. The van der Waals surface area contributed by atoms with E-state index in [1.54, 1.807) is 7.05 Å². The molecule has 1 amide bonds. The van der Waals surface area contributed by atoms with Crippen molar-refractivity contribution in [3.63, 3.8) is 0 Å². The molecule has 0 spiro atoms. The summed E-state index contributed by atoms with van der Waals surface area (Å²) < 4.78 is 8.04. The highest BCUT2D eigenvalue weighted by molar-refractivity contribution is 5.93. The molecule has 2 aromatic rings. The van der Waals surface area contributed by atoms with E-state index in [0.717, 1.165) is 37.5 Å². The zero-order chi connectivity index (χ0) is 16.9. The van der Waals surface area contributed by atoms with Gasteiger partial charge in [-0.15, -0.1) is 0 Å². The fourth-order valence-corrected chi connectivity index (χ4v) is 3.07. The number of rotatable bonds is 6. The summed E-state index contributed by atoms with van der Waals surface area (Å²) in [6.45, 7) is 4.49. The van der Waals surface area contributed by atoms with Crippen LogP contribution < -0.4 is 10.6 Å². The monoisotopic (exact) mass is 328 g/mol. The Kier molecular flexibility index (Phi) is 5.27. The summed E-state index contributed by atoms with van der Waals surface area (Å²) in [5, 5.41) is 6.20. The van der Waals surface area contributed by atoms with Crippen molar-refractivity contribution in [2.24, 2.45) is 0 Å². The molecule has 1 aromatic heterocycles. The van der Waals surface area contributed by atoms with Crippen LogP contribution >= 0.6 is 0 Å². The van der Waals surface area contributed by atoms with Crippen molar-refractivity contribution in [3.8, 4) is 0 Å². The van der Waals surface area contributed by atoms with Crippen LogP contribution in [0, 0.1) is 0 Å². The molecule has 0 aliphatic carbocycles. The van der Waals surface area contributed by atoms with Crippen LogP contribution in [0.2, 0.25) is 0 Å². The number of hydrogen-bond donors (Lipinski definition) is 2. The van der Waals surface area contributed by atoms with Gasteiger partial charge in [-0.1, -0.05) is 12.1 Å². The van der Waals surface area contributed by atoms with E-state index < -0.39 is 0 Å². The predicted octanol–water partition coefficient (Wildman–Crippen LogP) is 1.88. The van der Waals surface area contributed by atoms with Crippen LogP contribution in [-0.2, 0) is 17.8 Å². The highest BCUT2D eigenvalue weighted by atomic mass is 16.5. The molecular formula is C18H24N4O2. The average Bonchev–Trinajstić information content (AvgIpc) is 3.27. The van der Waals surface area contributed by atoms with E-state index in [4.69, 9.17) is 4.74 Å². The number of nitrogens with zero attached hydrogens (tertiary/aromatic N) is 2. The fraction of sp³-hybridized carbons (Fsp3) is 0.444. The molecule has 2 atom stereocenters. The Morgan fingerprint density at radius 2 is 2.17 bits per heavy atom. The Hall–Kier alpha value is -2.18. The molecule has 6 heteroatoms. The van der Waals surface area contributed by atoms with E-state index in [1.807, 2.05) is 36.7 Å². The maximum atomic E-state index is 11.6. The standard InChI is InChI=1S/C18H24N4O2/c1-3-22-10-9-20-17(22)16-15(8-11-24-16)21-12-13-4-6-14(7-5-13)18(23)19-2/h4-7,9-10,15-16,21H,3,8,11-12H2,1-2H3,(H,19,23)/t15-,16-/m0/s1. The number of nitrogens with one attached hydrogen (secondary N) is 2. The lowest BCUT2D eigenvalue weighted by atomic mass is 10.1. The van der Waals surface area contributed by atoms with Gasteiger partial charge in [-0.25, -0.2) is 4.98 Å². The third-order valence-electron chi connectivity index (χ3n) is 4.45. The predicted molar refractivity (Wildman–Crippen MR) is 91.7 cm³/mol. The van der Waals surface area contributed by atoms with Crippen LogP contribution in [0.15, 0.2) is 36.7 Å². The molecular weight excluding hydrogens is 304 g/mol. The second kappa shape index (κ2) is 7.59. The number of aryl methyl sites for hydroxylation is 1. The lowest BCUT2D eigenvalue weighted by Gasteiger charge is -2.20. The number of carbonyl (C=O) groups excluding carboxylic acids is 1. The van der Waals surface area contributed by atoms with E-state index in [0.29, 0.717) is 5.56 Å². The van der Waals surface area contributed by atoms with E-state index in [2.05, 4.69) is 27.1 Å². The van der Waals surface area contributed by atoms with Gasteiger partial charge >= 0.3 is 0 Å². The van der Waals surface area contributed by atoms with Crippen molar-refractivity contribution in [2.45, 2.75) is 38.6 Å². The smallest absolute Gasteiger partial charge is 0.251 e. The first kappa shape index (κ1) is 16.7.